The van der Waals surface area contributed by atoms with E-state index < -0.39 is 0 Å². The minimum atomic E-state index is 0.0654. The van der Waals surface area contributed by atoms with Gasteiger partial charge >= 0.3 is 0 Å². The van der Waals surface area contributed by atoms with Crippen molar-refractivity contribution in [3.63, 3.8) is 0 Å². The summed E-state index contributed by atoms with van der Waals surface area (Å²) in [7, 11) is 0. The lowest BCUT2D eigenvalue weighted by atomic mass is 10.3. The van der Waals surface area contributed by atoms with Gasteiger partial charge in [-0.2, -0.15) is 5.10 Å². The summed E-state index contributed by atoms with van der Waals surface area (Å²) in [5.74, 6) is 0.506. The third-order valence-corrected chi connectivity index (χ3v) is 2.24. The van der Waals surface area contributed by atoms with Gasteiger partial charge in [0.15, 0.2) is 0 Å². The molecule has 0 bridgehead atoms. The van der Waals surface area contributed by atoms with E-state index in [2.05, 4.69) is 5.10 Å². The molecule has 0 saturated carbocycles. The summed E-state index contributed by atoms with van der Waals surface area (Å²) in [5.41, 5.74) is 5.47. The van der Waals surface area contributed by atoms with Crippen molar-refractivity contribution >= 4 is 11.7 Å². The Morgan fingerprint density at radius 3 is 2.73 bits per heavy atom. The lowest BCUT2D eigenvalue weighted by molar-refractivity contribution is -0.133. The maximum absolute atomic E-state index is 11.8. The molecule has 1 rings (SSSR count). The number of rotatable bonds is 4. The van der Waals surface area contributed by atoms with Gasteiger partial charge in [0.1, 0.15) is 12.4 Å². The molecule has 84 valence electrons. The molecule has 0 aliphatic carbocycles. The maximum Gasteiger partial charge on any atom is 0.244 e. The predicted molar refractivity (Wildman–Crippen MR) is 59.2 cm³/mol. The van der Waals surface area contributed by atoms with E-state index in [0.717, 1.165) is 0 Å². The van der Waals surface area contributed by atoms with Crippen LogP contribution in [0.2, 0.25) is 0 Å². The van der Waals surface area contributed by atoms with E-state index in [9.17, 15) is 4.79 Å². The number of carbonyl (C=O) groups excluding carboxylic acids is 1. The number of amides is 1. The quantitative estimate of drug-likeness (QED) is 0.796. The van der Waals surface area contributed by atoms with Crippen molar-refractivity contribution < 1.29 is 4.79 Å². The van der Waals surface area contributed by atoms with Crippen molar-refractivity contribution in [2.45, 2.75) is 33.4 Å². The lowest BCUT2D eigenvalue weighted by Crippen LogP contribution is -2.38. The van der Waals surface area contributed by atoms with Crippen LogP contribution in [-0.2, 0) is 11.3 Å². The maximum atomic E-state index is 11.8. The van der Waals surface area contributed by atoms with E-state index in [0.29, 0.717) is 12.4 Å². The molecule has 0 aromatic carbocycles. The van der Waals surface area contributed by atoms with E-state index in [4.69, 9.17) is 5.73 Å². The van der Waals surface area contributed by atoms with E-state index in [-0.39, 0.29) is 18.5 Å². The molecule has 0 radical (unpaired) electrons. The molecule has 0 unspecified atom stereocenters. The molecule has 15 heavy (non-hydrogen) atoms. The highest BCUT2D eigenvalue weighted by molar-refractivity contribution is 5.76. The molecule has 1 heterocycles. The number of nitrogens with zero attached hydrogens (tertiary/aromatic N) is 3. The summed E-state index contributed by atoms with van der Waals surface area (Å²) < 4.78 is 1.56. The summed E-state index contributed by atoms with van der Waals surface area (Å²) >= 11 is 0. The minimum absolute atomic E-state index is 0.0654. The van der Waals surface area contributed by atoms with Crippen LogP contribution in [0.1, 0.15) is 20.8 Å². The highest BCUT2D eigenvalue weighted by atomic mass is 16.2. The van der Waals surface area contributed by atoms with Gasteiger partial charge in [-0.25, -0.2) is 0 Å². The second kappa shape index (κ2) is 4.82. The van der Waals surface area contributed by atoms with Crippen LogP contribution in [-0.4, -0.2) is 33.2 Å². The van der Waals surface area contributed by atoms with Gasteiger partial charge in [0.25, 0.3) is 0 Å². The first-order valence-electron chi connectivity index (χ1n) is 5.13. The molecule has 0 atom stereocenters. The Labute approximate surface area is 89.9 Å². The molecule has 1 amide bonds. The second-order valence-electron chi connectivity index (χ2n) is 3.71. The van der Waals surface area contributed by atoms with Crippen LogP contribution < -0.4 is 5.73 Å². The molecule has 0 spiro atoms. The van der Waals surface area contributed by atoms with E-state index in [1.807, 2.05) is 20.8 Å². The molecule has 2 N–H and O–H groups in total. The van der Waals surface area contributed by atoms with Crippen LogP contribution in [0.3, 0.4) is 0 Å². The highest BCUT2D eigenvalue weighted by Crippen LogP contribution is 2.02. The van der Waals surface area contributed by atoms with Gasteiger partial charge in [-0.3, -0.25) is 9.48 Å². The molecular formula is C10H18N4O. The van der Waals surface area contributed by atoms with Gasteiger partial charge in [0.2, 0.25) is 5.91 Å². The number of nitrogen functional groups attached to an aromatic ring is 1. The number of hydrogen-bond acceptors (Lipinski definition) is 3. The third kappa shape index (κ3) is 2.97. The lowest BCUT2D eigenvalue weighted by Gasteiger charge is -2.24. The van der Waals surface area contributed by atoms with Crippen LogP contribution in [0.15, 0.2) is 12.3 Å². The van der Waals surface area contributed by atoms with Crippen LogP contribution in [0.25, 0.3) is 0 Å². The summed E-state index contributed by atoms with van der Waals surface area (Å²) in [4.78, 5) is 13.6. The van der Waals surface area contributed by atoms with Crippen LogP contribution in [0.5, 0.6) is 0 Å². The monoisotopic (exact) mass is 210 g/mol. The van der Waals surface area contributed by atoms with E-state index in [1.54, 1.807) is 21.8 Å². The Hall–Kier alpha value is -1.52. The number of hydrogen-bond donors (Lipinski definition) is 1. The standard InChI is InChI=1S/C10H18N4O/c1-4-14(8(2)3)10(15)7-13-6-5-9(11)12-13/h5-6,8H,4,7H2,1-3H3,(H2,11,12). The first kappa shape index (κ1) is 11.6. The van der Waals surface area contributed by atoms with Gasteiger partial charge in [0.05, 0.1) is 0 Å². The van der Waals surface area contributed by atoms with Gasteiger partial charge in [-0.1, -0.05) is 0 Å². The number of likely N-dealkylation sites (N-methyl/N-ethyl adjacent to an activating group) is 1. The van der Waals surface area contributed by atoms with Crippen molar-refractivity contribution in [1.82, 2.24) is 14.7 Å². The van der Waals surface area contributed by atoms with Gasteiger partial charge in [-0.05, 0) is 26.8 Å². The predicted octanol–water partition coefficient (Wildman–Crippen LogP) is 0.722. The Kier molecular flexibility index (Phi) is 3.71. The fraction of sp³-hybridized carbons (Fsp3) is 0.600. The SMILES string of the molecule is CCN(C(=O)Cn1ccc(N)n1)C(C)C. The zero-order valence-corrected chi connectivity index (χ0v) is 9.47. The van der Waals surface area contributed by atoms with Crippen LogP contribution in [0.4, 0.5) is 5.82 Å². The number of aromatic nitrogens is 2. The number of nitrogens with two attached hydrogens (primary N) is 1. The Balaban J connectivity index is 2.62. The average molecular weight is 210 g/mol. The van der Waals surface area contributed by atoms with Crippen LogP contribution in [0, 0.1) is 0 Å². The Morgan fingerprint density at radius 1 is 1.67 bits per heavy atom. The second-order valence-corrected chi connectivity index (χ2v) is 3.71. The van der Waals surface area contributed by atoms with Crippen molar-refractivity contribution in [2.24, 2.45) is 0 Å². The molecule has 1 aromatic rings. The van der Waals surface area contributed by atoms with Crippen molar-refractivity contribution in [1.29, 1.82) is 0 Å². The minimum Gasteiger partial charge on any atom is -0.382 e. The molecule has 0 aliphatic heterocycles. The van der Waals surface area contributed by atoms with Gasteiger partial charge in [0, 0.05) is 18.8 Å². The number of anilines is 1. The topological polar surface area (TPSA) is 64.2 Å². The summed E-state index contributed by atoms with van der Waals surface area (Å²) in [6.45, 7) is 6.93. The Morgan fingerprint density at radius 2 is 2.33 bits per heavy atom. The molecule has 0 aliphatic rings. The smallest absolute Gasteiger partial charge is 0.244 e. The van der Waals surface area contributed by atoms with Crippen molar-refractivity contribution in [3.8, 4) is 0 Å². The van der Waals surface area contributed by atoms with E-state index >= 15 is 0 Å². The van der Waals surface area contributed by atoms with Gasteiger partial charge < -0.3 is 10.6 Å². The first-order chi connectivity index (χ1) is 7.04. The van der Waals surface area contributed by atoms with Crippen molar-refractivity contribution in [2.75, 3.05) is 12.3 Å². The summed E-state index contributed by atoms with van der Waals surface area (Å²) in [5, 5.41) is 3.97. The first-order valence-corrected chi connectivity index (χ1v) is 5.13. The van der Waals surface area contributed by atoms with Gasteiger partial charge in [-0.15, -0.1) is 0 Å². The fourth-order valence-corrected chi connectivity index (χ4v) is 1.52. The fourth-order valence-electron chi connectivity index (χ4n) is 1.52. The number of carbonyl (C=O) groups is 1. The summed E-state index contributed by atoms with van der Waals surface area (Å²) in [6, 6.07) is 1.90. The summed E-state index contributed by atoms with van der Waals surface area (Å²) in [6.07, 6.45) is 1.71. The van der Waals surface area contributed by atoms with E-state index in [1.165, 1.54) is 0 Å². The normalized spacial score (nSPS) is 10.7. The molecular weight excluding hydrogens is 192 g/mol. The highest BCUT2D eigenvalue weighted by Gasteiger charge is 2.15. The molecule has 5 heteroatoms. The third-order valence-electron chi connectivity index (χ3n) is 2.24. The Bertz CT molecular complexity index is 332. The molecule has 5 nitrogen and oxygen atoms in total. The zero-order chi connectivity index (χ0) is 11.4. The molecule has 1 aromatic heterocycles. The average Bonchev–Trinajstić information content (AvgIpc) is 2.51. The molecule has 0 fully saturated rings. The molecule has 0 saturated heterocycles. The largest absolute Gasteiger partial charge is 0.382 e. The zero-order valence-electron chi connectivity index (χ0n) is 9.47. The van der Waals surface area contributed by atoms with Crippen LogP contribution >= 0.6 is 0 Å². The van der Waals surface area contributed by atoms with Crippen molar-refractivity contribution in [3.05, 3.63) is 12.3 Å².